The van der Waals surface area contributed by atoms with E-state index in [4.69, 9.17) is 99.4 Å². The number of nitrogens with zero attached hydrogens (tertiary/aromatic N) is 18. The average Bonchev–Trinajstić information content (AvgIpc) is 0.849. The zero-order chi connectivity index (χ0) is 101. The van der Waals surface area contributed by atoms with E-state index in [1.54, 1.807) is 155 Å². The highest BCUT2D eigenvalue weighted by Crippen LogP contribution is 2.34. The molecule has 0 fully saturated rings. The first-order chi connectivity index (χ1) is 68.6. The smallest absolute Gasteiger partial charge is 0.182 e. The van der Waals surface area contributed by atoms with Crippen LogP contribution in [0.15, 0.2) is 268 Å². The molecule has 12 aromatic heterocycles. The van der Waals surface area contributed by atoms with E-state index >= 15 is 0 Å². The number of benzene rings is 6. The normalized spacial score (nSPS) is 10.6. The number of halogens is 6. The van der Waals surface area contributed by atoms with Crippen molar-refractivity contribution >= 4 is 81.4 Å². The highest BCUT2D eigenvalue weighted by Gasteiger charge is 2.23. The second kappa shape index (κ2) is 48.3. The van der Waals surface area contributed by atoms with Crippen molar-refractivity contribution in [2.75, 3.05) is 96.7 Å². The van der Waals surface area contributed by atoms with Crippen LogP contribution < -0.4 is 87.8 Å². The lowest BCUT2D eigenvalue weighted by Gasteiger charge is -2.11. The minimum absolute atomic E-state index is 0.00373. The molecule has 12 heterocycles. The van der Waals surface area contributed by atoms with Gasteiger partial charge in [0.15, 0.2) is 34.9 Å². The molecule has 40 heteroatoms. The summed E-state index contributed by atoms with van der Waals surface area (Å²) in [4.78, 5) is 76.4. The third-order valence-electron chi connectivity index (χ3n) is 21.1. The quantitative estimate of drug-likeness (QED) is 0.0250. The molecule has 0 bridgehead atoms. The minimum Gasteiger partial charge on any atom is -0.497 e. The van der Waals surface area contributed by atoms with Gasteiger partial charge in [0.2, 0.25) is 0 Å². The van der Waals surface area contributed by atoms with Gasteiger partial charge in [-0.05, 0) is 173 Å². The summed E-state index contributed by atoms with van der Waals surface area (Å²) in [6.45, 7) is 2.66. The number of anilines is 12. The Labute approximate surface area is 816 Å². The number of rotatable bonds is 24. The van der Waals surface area contributed by atoms with Gasteiger partial charge in [0.25, 0.3) is 0 Å². The molecule has 0 saturated heterocycles. The van der Waals surface area contributed by atoms with Crippen LogP contribution in [0.25, 0.3) is 69.1 Å². The number of hydrogen-bond donors (Lipinski definition) is 12. The first-order valence-electron chi connectivity index (χ1n) is 43.5. The Balaban J connectivity index is 0.000000143. The van der Waals surface area contributed by atoms with Crippen molar-refractivity contribution in [3.8, 4) is 92.1 Å². The van der Waals surface area contributed by atoms with E-state index in [2.05, 4.69) is 89.7 Å². The molecule has 142 heavy (non-hydrogen) atoms. The number of nitrogens with two attached hydrogens (primary N) is 12. The molecule has 0 spiro atoms. The van der Waals surface area contributed by atoms with Gasteiger partial charge in [0.1, 0.15) is 156 Å². The molecule has 0 amide bonds. The van der Waals surface area contributed by atoms with Gasteiger partial charge in [-0.3, -0.25) is 19.9 Å². The van der Waals surface area contributed by atoms with Gasteiger partial charge < -0.3 is 87.8 Å². The van der Waals surface area contributed by atoms with Gasteiger partial charge in [-0.15, -0.1) is 0 Å². The van der Waals surface area contributed by atoms with Crippen LogP contribution in [0.1, 0.15) is 80.1 Å². The molecule has 34 nitrogen and oxygen atoms in total. The Morgan fingerprint density at radius 2 is 0.563 bits per heavy atom. The van der Waals surface area contributed by atoms with Gasteiger partial charge in [0, 0.05) is 108 Å². The lowest BCUT2D eigenvalue weighted by molar-refractivity contribution is 0.316. The Kier molecular flexibility index (Phi) is 34.3. The molecule has 0 unspecified atom stereocenters. The third-order valence-corrected chi connectivity index (χ3v) is 21.3. The van der Waals surface area contributed by atoms with E-state index in [-0.39, 0.29) is 95.2 Å². The molecule has 0 aliphatic carbocycles. The van der Waals surface area contributed by atoms with Crippen LogP contribution in [0, 0.1) is 29.1 Å². The lowest BCUT2D eigenvalue weighted by Crippen LogP contribution is -2.09. The highest BCUT2D eigenvalue weighted by atomic mass is 35.5. The number of nitrogen functional groups attached to an aromatic ring is 12. The fourth-order valence-corrected chi connectivity index (χ4v) is 13.9. The van der Waals surface area contributed by atoms with Gasteiger partial charge in [-0.25, -0.2) is 91.7 Å². The summed E-state index contributed by atoms with van der Waals surface area (Å²) in [6.07, 6.45) is 12.4. The summed E-state index contributed by atoms with van der Waals surface area (Å²) in [5.41, 5.74) is 82.5. The van der Waals surface area contributed by atoms with E-state index in [9.17, 15) is 22.0 Å². The fourth-order valence-electron chi connectivity index (χ4n) is 13.6. The Hall–Kier alpha value is -18.6. The maximum Gasteiger partial charge on any atom is 0.182 e. The summed E-state index contributed by atoms with van der Waals surface area (Å²) in [7, 11) is 4.67. The predicted molar refractivity (Wildman–Crippen MR) is 540 cm³/mol. The summed E-state index contributed by atoms with van der Waals surface area (Å²) >= 11 is 5.99. The van der Waals surface area contributed by atoms with Crippen LogP contribution in [0.4, 0.5) is 91.8 Å². The number of aromatic nitrogens is 18. The summed E-state index contributed by atoms with van der Waals surface area (Å²) in [6, 6.07) is 64.6. The first-order valence-corrected chi connectivity index (χ1v) is 43.8. The average molecular weight is 1940 g/mol. The Morgan fingerprint density at radius 3 is 0.887 bits per heavy atom. The Bertz CT molecular complexity index is 7210. The molecule has 0 saturated carbocycles. The van der Waals surface area contributed by atoms with Crippen LogP contribution in [-0.4, -0.2) is 118 Å². The molecule has 720 valence electrons. The van der Waals surface area contributed by atoms with Gasteiger partial charge >= 0.3 is 0 Å². The zero-order valence-electron chi connectivity index (χ0n) is 76.9. The molecule has 0 radical (unpaired) electrons. The molecule has 18 rings (SSSR count). The standard InChI is InChI=1S/C19H20FN5O.2C17H16FN5O.C17H17N5O.C16H14ClN5.C16H13F2N5/c1-2-9-26-13-7-8-16(23-11-13)19-24-17(21)14(18(22)25-19)10-12-5-3-4-6-15(12)20;1-24-11-6-5-10(13(18)9-11)8-12-15(19)22-17(23-16(12)20)14-4-2-3-7-21-14;1-24-11-6-7-14(21-9-11)17-22-15(19)12(16(20)23-17)8-10-4-2-3-5-13(10)18;1-23-12-7-5-11(6-8-12)10-13-15(18)21-17(22-16(13)19)14-4-2-3-9-20-14;17-11-5-3-4-10(8-11)9-12-14(18)21-16(22-15(12)19)13-6-1-2-7-20-13;17-10-4-5-12(18)9(7-10)8-11-14(19)22-16(23-15(11)20)13-3-1-2-6-21-13/h3-8,11H,2,9-10H2,1H3,(H4,21,22,24,25);2*2-7,9H,8H2,1H3,(H4,19,20,22,23);2-9H,10H2,1H3,(H4,18,19,21,22);1-8H,9H2,(H4,18,19,21,22);1-7H,8H2,(H4,19,20,22,23). The lowest BCUT2D eigenvalue weighted by atomic mass is 10.0. The number of methoxy groups -OCH3 is 3. The van der Waals surface area contributed by atoms with E-state index in [0.717, 1.165) is 47.1 Å². The van der Waals surface area contributed by atoms with Crippen molar-refractivity contribution < 1.29 is 40.9 Å². The fraction of sp³-hybridized carbons (Fsp3) is 0.118. The largest absolute Gasteiger partial charge is 0.497 e. The van der Waals surface area contributed by atoms with E-state index in [0.29, 0.717) is 173 Å². The van der Waals surface area contributed by atoms with E-state index in [1.165, 1.54) is 25.3 Å². The van der Waals surface area contributed by atoms with Gasteiger partial charge in [-0.1, -0.05) is 110 Å². The van der Waals surface area contributed by atoms with Crippen LogP contribution in [0.5, 0.6) is 23.0 Å². The first kappa shape index (κ1) is 101. The number of pyridine rings is 6. The molecule has 24 N–H and O–H groups in total. The SMILES string of the molecule is CCCOc1ccc(-c2nc(N)c(Cc3ccccc3F)c(N)n2)nc1.COc1ccc(-c2nc(N)c(Cc3ccccc3F)c(N)n2)nc1.COc1ccc(Cc2c(N)nc(-c3ccccn3)nc2N)c(F)c1.COc1ccc(Cc2c(N)nc(-c3ccccn3)nc2N)cc1.Nc1nc(-c2ccccn2)nc(N)c1Cc1cc(F)ccc1F.Nc1nc(-c2ccccn2)nc(N)c1Cc1cccc(Cl)c1. The van der Waals surface area contributed by atoms with Crippen LogP contribution >= 0.6 is 11.6 Å². The summed E-state index contributed by atoms with van der Waals surface area (Å²) in [5.74, 6) is 5.44. The minimum atomic E-state index is -0.543. The monoisotopic (exact) mass is 1930 g/mol. The second-order valence-electron chi connectivity index (χ2n) is 30.9. The third kappa shape index (κ3) is 27.0. The van der Waals surface area contributed by atoms with Crippen molar-refractivity contribution in [1.82, 2.24) is 89.7 Å². The van der Waals surface area contributed by atoms with Crippen LogP contribution in [0.2, 0.25) is 5.02 Å². The maximum absolute atomic E-state index is 14.1. The molecule has 18 aromatic rings. The van der Waals surface area contributed by atoms with E-state index in [1.807, 2.05) is 97.9 Å². The summed E-state index contributed by atoms with van der Waals surface area (Å²) in [5, 5.41) is 0.667. The molecule has 6 aromatic carbocycles. The Morgan fingerprint density at radius 1 is 0.254 bits per heavy atom. The number of hydrogen-bond acceptors (Lipinski definition) is 34. The molecular formula is C102H96ClF5N30O4. The number of ether oxygens (including phenoxy) is 4. The zero-order valence-corrected chi connectivity index (χ0v) is 77.7. The topological polar surface area (TPSA) is 581 Å². The highest BCUT2D eigenvalue weighted by molar-refractivity contribution is 6.30. The van der Waals surface area contributed by atoms with Crippen LogP contribution in [-0.2, 0) is 38.5 Å². The van der Waals surface area contributed by atoms with Crippen molar-refractivity contribution in [3.63, 3.8) is 0 Å². The maximum atomic E-state index is 14.1. The van der Waals surface area contributed by atoms with Crippen molar-refractivity contribution in [2.45, 2.75) is 51.9 Å². The van der Waals surface area contributed by atoms with Crippen molar-refractivity contribution in [2.24, 2.45) is 0 Å². The molecule has 0 atom stereocenters. The molecular weight excluding hydrogens is 1840 g/mol. The molecule has 0 aliphatic rings. The van der Waals surface area contributed by atoms with E-state index < -0.39 is 17.5 Å². The van der Waals surface area contributed by atoms with Crippen molar-refractivity contribution in [1.29, 1.82) is 0 Å². The van der Waals surface area contributed by atoms with Gasteiger partial charge in [0.05, 0.1) is 40.3 Å². The molecule has 0 aliphatic heterocycles. The van der Waals surface area contributed by atoms with Crippen LogP contribution in [0.3, 0.4) is 0 Å². The summed E-state index contributed by atoms with van der Waals surface area (Å²) < 4.78 is 89.5. The van der Waals surface area contributed by atoms with Gasteiger partial charge in [-0.2, -0.15) is 0 Å². The van der Waals surface area contributed by atoms with Crippen molar-refractivity contribution in [3.05, 3.63) is 369 Å². The predicted octanol–water partition coefficient (Wildman–Crippen LogP) is 15.9. The second-order valence-corrected chi connectivity index (χ2v) is 31.3.